The third-order valence-corrected chi connectivity index (χ3v) is 4.90. The minimum Gasteiger partial charge on any atom is -0.357 e. The molecular formula is C18H25N5O. The van der Waals surface area contributed by atoms with Crippen LogP contribution in [0.15, 0.2) is 18.3 Å². The maximum atomic E-state index is 12.2. The molecule has 128 valence electrons. The summed E-state index contributed by atoms with van der Waals surface area (Å²) in [5, 5.41) is 11.9. The number of amides is 2. The second-order valence-corrected chi connectivity index (χ2v) is 6.62. The number of carbonyl (C=O) groups is 1. The topological polar surface area (TPSA) is 72.3 Å². The SMILES string of the molecule is N#CC1CCN(C(=O)NCc2ccc(N3CCCCC3)nc2)CC1. The van der Waals surface area contributed by atoms with Gasteiger partial charge in [0.05, 0.1) is 6.07 Å². The third-order valence-electron chi connectivity index (χ3n) is 4.90. The summed E-state index contributed by atoms with van der Waals surface area (Å²) in [6.45, 7) is 3.99. The fourth-order valence-corrected chi connectivity index (χ4v) is 3.33. The largest absolute Gasteiger partial charge is 0.357 e. The van der Waals surface area contributed by atoms with Crippen molar-refractivity contribution in [3.8, 4) is 6.07 Å². The summed E-state index contributed by atoms with van der Waals surface area (Å²) in [6.07, 6.45) is 7.19. The average Bonchev–Trinajstić information content (AvgIpc) is 2.67. The molecule has 0 aromatic carbocycles. The molecule has 24 heavy (non-hydrogen) atoms. The summed E-state index contributed by atoms with van der Waals surface area (Å²) in [6, 6.07) is 6.32. The highest BCUT2D eigenvalue weighted by Gasteiger charge is 2.22. The van der Waals surface area contributed by atoms with E-state index in [0.29, 0.717) is 19.6 Å². The van der Waals surface area contributed by atoms with E-state index in [2.05, 4.69) is 21.3 Å². The molecule has 3 heterocycles. The quantitative estimate of drug-likeness (QED) is 0.926. The first-order valence-corrected chi connectivity index (χ1v) is 8.88. The Labute approximate surface area is 143 Å². The van der Waals surface area contributed by atoms with Gasteiger partial charge in [-0.1, -0.05) is 6.07 Å². The van der Waals surface area contributed by atoms with Crippen LogP contribution in [0.25, 0.3) is 0 Å². The van der Waals surface area contributed by atoms with Crippen LogP contribution in [0.5, 0.6) is 0 Å². The van der Waals surface area contributed by atoms with Crippen molar-refractivity contribution in [2.75, 3.05) is 31.1 Å². The van der Waals surface area contributed by atoms with Crippen LogP contribution in [-0.2, 0) is 6.54 Å². The lowest BCUT2D eigenvalue weighted by atomic mass is 9.99. The Bertz CT molecular complexity index is 580. The molecule has 0 atom stereocenters. The molecular weight excluding hydrogens is 302 g/mol. The number of piperidine rings is 2. The van der Waals surface area contributed by atoms with Gasteiger partial charge in [-0.15, -0.1) is 0 Å². The molecule has 1 aromatic rings. The van der Waals surface area contributed by atoms with E-state index < -0.39 is 0 Å². The van der Waals surface area contributed by atoms with E-state index in [0.717, 1.165) is 37.3 Å². The number of carbonyl (C=O) groups excluding carboxylic acids is 1. The molecule has 0 unspecified atom stereocenters. The van der Waals surface area contributed by atoms with Gasteiger partial charge in [0.15, 0.2) is 0 Å². The highest BCUT2D eigenvalue weighted by molar-refractivity contribution is 5.74. The fraction of sp³-hybridized carbons (Fsp3) is 0.611. The van der Waals surface area contributed by atoms with E-state index in [4.69, 9.17) is 5.26 Å². The first-order chi connectivity index (χ1) is 11.8. The van der Waals surface area contributed by atoms with Crippen LogP contribution in [0.1, 0.15) is 37.7 Å². The van der Waals surface area contributed by atoms with Gasteiger partial charge in [0.25, 0.3) is 0 Å². The standard InChI is InChI=1S/C18H25N5O/c19-12-15-6-10-23(11-7-15)18(24)21-14-16-4-5-17(20-13-16)22-8-2-1-3-9-22/h4-5,13,15H,1-3,6-11,14H2,(H,21,24). The molecule has 2 aliphatic rings. The molecule has 6 nitrogen and oxygen atoms in total. The van der Waals surface area contributed by atoms with Crippen molar-refractivity contribution in [1.29, 1.82) is 5.26 Å². The van der Waals surface area contributed by atoms with Crippen LogP contribution < -0.4 is 10.2 Å². The summed E-state index contributed by atoms with van der Waals surface area (Å²) >= 11 is 0. The number of hydrogen-bond donors (Lipinski definition) is 1. The number of nitrogens with one attached hydrogen (secondary N) is 1. The van der Waals surface area contributed by atoms with Crippen molar-refractivity contribution >= 4 is 11.8 Å². The minimum absolute atomic E-state index is 0.0495. The van der Waals surface area contributed by atoms with Gasteiger partial charge in [0, 0.05) is 44.8 Å². The van der Waals surface area contributed by atoms with Crippen LogP contribution in [0.4, 0.5) is 10.6 Å². The number of rotatable bonds is 3. The molecule has 0 aliphatic carbocycles. The number of pyridine rings is 1. The summed E-state index contributed by atoms with van der Waals surface area (Å²) in [5.41, 5.74) is 1.01. The molecule has 1 N–H and O–H groups in total. The van der Waals surface area contributed by atoms with Gasteiger partial charge >= 0.3 is 6.03 Å². The molecule has 2 saturated heterocycles. The van der Waals surface area contributed by atoms with Crippen molar-refractivity contribution in [2.24, 2.45) is 5.92 Å². The lowest BCUT2D eigenvalue weighted by Crippen LogP contribution is -2.44. The Kier molecular flexibility index (Phi) is 5.52. The number of aromatic nitrogens is 1. The van der Waals surface area contributed by atoms with E-state index in [1.165, 1.54) is 19.3 Å². The van der Waals surface area contributed by atoms with Gasteiger partial charge in [-0.3, -0.25) is 0 Å². The van der Waals surface area contributed by atoms with E-state index in [-0.39, 0.29) is 11.9 Å². The molecule has 0 bridgehead atoms. The van der Waals surface area contributed by atoms with E-state index >= 15 is 0 Å². The number of hydrogen-bond acceptors (Lipinski definition) is 4. The molecule has 2 aliphatic heterocycles. The van der Waals surface area contributed by atoms with E-state index in [1.54, 1.807) is 4.90 Å². The lowest BCUT2D eigenvalue weighted by Gasteiger charge is -2.29. The second-order valence-electron chi connectivity index (χ2n) is 6.62. The summed E-state index contributed by atoms with van der Waals surface area (Å²) in [5.74, 6) is 1.13. The molecule has 0 radical (unpaired) electrons. The van der Waals surface area contributed by atoms with Crippen molar-refractivity contribution in [3.63, 3.8) is 0 Å². The van der Waals surface area contributed by atoms with Gasteiger partial charge in [0.1, 0.15) is 5.82 Å². The van der Waals surface area contributed by atoms with E-state index in [9.17, 15) is 4.79 Å². The molecule has 2 amide bonds. The third kappa shape index (κ3) is 4.16. The maximum Gasteiger partial charge on any atom is 0.317 e. The Morgan fingerprint density at radius 3 is 2.58 bits per heavy atom. The molecule has 0 saturated carbocycles. The number of nitriles is 1. The molecule has 2 fully saturated rings. The van der Waals surface area contributed by atoms with Crippen molar-refractivity contribution < 1.29 is 4.79 Å². The minimum atomic E-state index is -0.0495. The summed E-state index contributed by atoms with van der Waals surface area (Å²) in [7, 11) is 0. The van der Waals surface area contributed by atoms with Crippen LogP contribution >= 0.6 is 0 Å². The Hall–Kier alpha value is -2.29. The van der Waals surface area contributed by atoms with E-state index in [1.807, 2.05) is 18.3 Å². The molecule has 3 rings (SSSR count). The van der Waals surface area contributed by atoms with Gasteiger partial charge in [-0.2, -0.15) is 5.26 Å². The zero-order valence-corrected chi connectivity index (χ0v) is 14.1. The first-order valence-electron chi connectivity index (χ1n) is 8.88. The summed E-state index contributed by atoms with van der Waals surface area (Å²) < 4.78 is 0. The zero-order valence-electron chi connectivity index (χ0n) is 14.1. The molecule has 0 spiro atoms. The van der Waals surface area contributed by atoms with Crippen molar-refractivity contribution in [1.82, 2.24) is 15.2 Å². The Balaban J connectivity index is 1.46. The Morgan fingerprint density at radius 1 is 1.21 bits per heavy atom. The number of urea groups is 1. The first kappa shape index (κ1) is 16.6. The highest BCUT2D eigenvalue weighted by atomic mass is 16.2. The number of anilines is 1. The van der Waals surface area contributed by atoms with Gasteiger partial charge < -0.3 is 15.1 Å². The molecule has 6 heteroatoms. The fourth-order valence-electron chi connectivity index (χ4n) is 3.33. The van der Waals surface area contributed by atoms with Crippen molar-refractivity contribution in [3.05, 3.63) is 23.9 Å². The summed E-state index contributed by atoms with van der Waals surface area (Å²) in [4.78, 5) is 20.8. The van der Waals surface area contributed by atoms with Gasteiger partial charge in [-0.25, -0.2) is 9.78 Å². The average molecular weight is 327 g/mol. The van der Waals surface area contributed by atoms with Crippen LogP contribution in [0, 0.1) is 17.2 Å². The Morgan fingerprint density at radius 2 is 1.96 bits per heavy atom. The normalized spacial score (nSPS) is 19.0. The second kappa shape index (κ2) is 8.00. The predicted molar refractivity (Wildman–Crippen MR) is 92.4 cm³/mol. The number of nitrogens with zero attached hydrogens (tertiary/aromatic N) is 4. The zero-order chi connectivity index (χ0) is 16.8. The maximum absolute atomic E-state index is 12.2. The van der Waals surface area contributed by atoms with Crippen LogP contribution in [0.3, 0.4) is 0 Å². The van der Waals surface area contributed by atoms with Crippen LogP contribution in [0.2, 0.25) is 0 Å². The van der Waals surface area contributed by atoms with Crippen molar-refractivity contribution in [2.45, 2.75) is 38.6 Å². The van der Waals surface area contributed by atoms with Gasteiger partial charge in [0.2, 0.25) is 0 Å². The molecule has 1 aromatic heterocycles. The predicted octanol–water partition coefficient (Wildman–Crippen LogP) is 2.52. The highest BCUT2D eigenvalue weighted by Crippen LogP contribution is 2.18. The van der Waals surface area contributed by atoms with Gasteiger partial charge in [-0.05, 0) is 43.7 Å². The number of likely N-dealkylation sites (tertiary alicyclic amines) is 1. The van der Waals surface area contributed by atoms with Crippen LogP contribution in [-0.4, -0.2) is 42.1 Å². The smallest absolute Gasteiger partial charge is 0.317 e. The lowest BCUT2D eigenvalue weighted by molar-refractivity contribution is 0.178. The monoisotopic (exact) mass is 327 g/mol.